The van der Waals surface area contributed by atoms with E-state index in [-0.39, 0.29) is 5.78 Å². The number of anilines is 3. The third-order valence-corrected chi connectivity index (χ3v) is 5.16. The van der Waals surface area contributed by atoms with Crippen molar-refractivity contribution in [2.45, 2.75) is 13.8 Å². The Bertz CT molecular complexity index is 1000. The Hall–Kier alpha value is -2.30. The van der Waals surface area contributed by atoms with Crippen molar-refractivity contribution in [2.75, 3.05) is 11.1 Å². The Morgan fingerprint density at radius 3 is 2.50 bits per heavy atom. The summed E-state index contributed by atoms with van der Waals surface area (Å²) in [5, 5.41) is 3.62. The van der Waals surface area contributed by atoms with Gasteiger partial charge in [0.15, 0.2) is 5.78 Å². The van der Waals surface area contributed by atoms with Gasteiger partial charge in [-0.2, -0.15) is 0 Å². The number of nitrogen functional groups attached to an aromatic ring is 1. The second kappa shape index (κ2) is 7.52. The SMILES string of the molecule is Cc1cccc(C(=O)c2ccc(Nc3ccc(Br)cc3N)cc2Cl)c1C. The summed E-state index contributed by atoms with van der Waals surface area (Å²) in [5.74, 6) is -0.0779. The zero-order valence-corrected chi connectivity index (χ0v) is 16.8. The molecule has 0 atom stereocenters. The molecule has 5 heteroatoms. The molecule has 0 aliphatic carbocycles. The molecule has 0 radical (unpaired) electrons. The van der Waals surface area contributed by atoms with Gasteiger partial charge in [-0.05, 0) is 61.4 Å². The highest BCUT2D eigenvalue weighted by atomic mass is 79.9. The normalized spacial score (nSPS) is 10.6. The zero-order valence-electron chi connectivity index (χ0n) is 14.4. The van der Waals surface area contributed by atoms with Crippen molar-refractivity contribution in [3.63, 3.8) is 0 Å². The molecule has 0 heterocycles. The van der Waals surface area contributed by atoms with Gasteiger partial charge in [0.2, 0.25) is 0 Å². The second-order valence-electron chi connectivity index (χ2n) is 6.13. The van der Waals surface area contributed by atoms with Crippen LogP contribution in [0.5, 0.6) is 0 Å². The van der Waals surface area contributed by atoms with E-state index in [4.69, 9.17) is 17.3 Å². The fourth-order valence-electron chi connectivity index (χ4n) is 2.72. The minimum atomic E-state index is -0.0779. The number of ketones is 1. The van der Waals surface area contributed by atoms with Crippen LogP contribution in [0.4, 0.5) is 17.1 Å². The van der Waals surface area contributed by atoms with Gasteiger partial charge in [-0.25, -0.2) is 0 Å². The number of benzene rings is 3. The molecule has 26 heavy (non-hydrogen) atoms. The molecule has 0 saturated carbocycles. The molecule has 0 unspecified atom stereocenters. The van der Waals surface area contributed by atoms with Crippen LogP contribution >= 0.6 is 27.5 Å². The van der Waals surface area contributed by atoms with Crippen molar-refractivity contribution in [3.8, 4) is 0 Å². The Balaban J connectivity index is 1.90. The number of rotatable bonds is 4. The molecule has 0 spiro atoms. The first-order valence-electron chi connectivity index (χ1n) is 8.09. The van der Waals surface area contributed by atoms with Crippen LogP contribution in [-0.2, 0) is 0 Å². The van der Waals surface area contributed by atoms with Crippen molar-refractivity contribution in [1.29, 1.82) is 0 Å². The molecule has 3 rings (SSSR count). The quantitative estimate of drug-likeness (QED) is 0.379. The van der Waals surface area contributed by atoms with E-state index in [0.717, 1.165) is 27.0 Å². The number of nitrogens with one attached hydrogen (secondary N) is 1. The lowest BCUT2D eigenvalue weighted by Gasteiger charge is -2.12. The van der Waals surface area contributed by atoms with E-state index in [1.807, 2.05) is 56.3 Å². The molecule has 0 aromatic heterocycles. The largest absolute Gasteiger partial charge is 0.397 e. The predicted molar refractivity (Wildman–Crippen MR) is 113 cm³/mol. The minimum Gasteiger partial charge on any atom is -0.397 e. The average molecular weight is 430 g/mol. The lowest BCUT2D eigenvalue weighted by atomic mass is 9.96. The maximum atomic E-state index is 12.9. The average Bonchev–Trinajstić information content (AvgIpc) is 2.59. The lowest BCUT2D eigenvalue weighted by Crippen LogP contribution is -2.06. The molecule has 3 nitrogen and oxygen atoms in total. The molecule has 132 valence electrons. The van der Waals surface area contributed by atoms with Crippen molar-refractivity contribution in [2.24, 2.45) is 0 Å². The van der Waals surface area contributed by atoms with E-state index in [0.29, 0.717) is 21.8 Å². The van der Waals surface area contributed by atoms with Crippen LogP contribution in [0.1, 0.15) is 27.0 Å². The molecular formula is C21H18BrClN2O. The van der Waals surface area contributed by atoms with Crippen molar-refractivity contribution >= 4 is 50.4 Å². The molecule has 0 saturated heterocycles. The summed E-state index contributed by atoms with van der Waals surface area (Å²) in [5.41, 5.74) is 11.4. The van der Waals surface area contributed by atoms with Gasteiger partial charge in [-0.1, -0.05) is 45.7 Å². The van der Waals surface area contributed by atoms with Crippen LogP contribution in [0.3, 0.4) is 0 Å². The first-order chi connectivity index (χ1) is 12.4. The summed E-state index contributed by atoms with van der Waals surface area (Å²) >= 11 is 9.78. The van der Waals surface area contributed by atoms with E-state index >= 15 is 0 Å². The highest BCUT2D eigenvalue weighted by molar-refractivity contribution is 9.10. The summed E-state index contributed by atoms with van der Waals surface area (Å²) < 4.78 is 0.910. The molecule has 0 amide bonds. The van der Waals surface area contributed by atoms with Gasteiger partial charge in [0.1, 0.15) is 0 Å². The van der Waals surface area contributed by atoms with Gasteiger partial charge in [-0.15, -0.1) is 0 Å². The maximum Gasteiger partial charge on any atom is 0.194 e. The van der Waals surface area contributed by atoms with E-state index in [1.165, 1.54) is 0 Å². The Morgan fingerprint density at radius 1 is 1.04 bits per heavy atom. The summed E-state index contributed by atoms with van der Waals surface area (Å²) in [6.45, 7) is 3.94. The zero-order chi connectivity index (χ0) is 18.8. The third kappa shape index (κ3) is 3.76. The van der Waals surface area contributed by atoms with Gasteiger partial charge in [0.25, 0.3) is 0 Å². The number of carbonyl (C=O) groups is 1. The first kappa shape index (κ1) is 18.5. The molecule has 0 aliphatic rings. The number of aryl methyl sites for hydroxylation is 1. The highest BCUT2D eigenvalue weighted by Gasteiger charge is 2.16. The molecule has 3 N–H and O–H groups in total. The van der Waals surface area contributed by atoms with Crippen molar-refractivity contribution in [3.05, 3.63) is 86.3 Å². The number of nitrogens with two attached hydrogens (primary N) is 1. The Kier molecular flexibility index (Phi) is 5.35. The Labute approximate surface area is 166 Å². The van der Waals surface area contributed by atoms with Crippen LogP contribution < -0.4 is 11.1 Å². The van der Waals surface area contributed by atoms with E-state index in [9.17, 15) is 4.79 Å². The predicted octanol–water partition coefficient (Wildman–Crippen LogP) is 6.28. The number of carbonyl (C=O) groups excluding carboxylic acids is 1. The van der Waals surface area contributed by atoms with Gasteiger partial charge in [0.05, 0.1) is 16.4 Å². The summed E-state index contributed by atoms with van der Waals surface area (Å²) in [4.78, 5) is 12.9. The second-order valence-corrected chi connectivity index (χ2v) is 7.45. The molecular weight excluding hydrogens is 412 g/mol. The van der Waals surface area contributed by atoms with Gasteiger partial charge >= 0.3 is 0 Å². The number of halogens is 2. The fraction of sp³-hybridized carbons (Fsp3) is 0.0952. The standard InChI is InChI=1S/C21H18BrClN2O/c1-12-4-3-5-16(13(12)2)21(26)17-8-7-15(11-18(17)23)25-20-9-6-14(22)10-19(20)24/h3-11,25H,24H2,1-2H3. The monoisotopic (exact) mass is 428 g/mol. The van der Waals surface area contributed by atoms with Crippen LogP contribution in [0.15, 0.2) is 59.1 Å². The van der Waals surface area contributed by atoms with Gasteiger partial charge < -0.3 is 11.1 Å². The maximum absolute atomic E-state index is 12.9. The summed E-state index contributed by atoms with van der Waals surface area (Å²) in [6, 6.07) is 16.6. The van der Waals surface area contributed by atoms with Crippen LogP contribution in [-0.4, -0.2) is 5.78 Å². The number of hydrogen-bond donors (Lipinski definition) is 2. The topological polar surface area (TPSA) is 55.1 Å². The molecule has 0 aliphatic heterocycles. The first-order valence-corrected chi connectivity index (χ1v) is 9.26. The minimum absolute atomic E-state index is 0.0779. The van der Waals surface area contributed by atoms with Crippen LogP contribution in [0.25, 0.3) is 0 Å². The van der Waals surface area contributed by atoms with Crippen molar-refractivity contribution in [1.82, 2.24) is 0 Å². The van der Waals surface area contributed by atoms with E-state index in [1.54, 1.807) is 12.1 Å². The summed E-state index contributed by atoms with van der Waals surface area (Å²) in [6.07, 6.45) is 0. The molecule has 3 aromatic rings. The van der Waals surface area contributed by atoms with E-state index < -0.39 is 0 Å². The Morgan fingerprint density at radius 2 is 1.81 bits per heavy atom. The van der Waals surface area contributed by atoms with Crippen molar-refractivity contribution < 1.29 is 4.79 Å². The fourth-order valence-corrected chi connectivity index (χ4v) is 3.37. The molecule has 3 aromatic carbocycles. The smallest absolute Gasteiger partial charge is 0.194 e. The molecule has 0 fully saturated rings. The number of hydrogen-bond acceptors (Lipinski definition) is 3. The van der Waals surface area contributed by atoms with E-state index in [2.05, 4.69) is 21.2 Å². The summed E-state index contributed by atoms with van der Waals surface area (Å²) in [7, 11) is 0. The van der Waals surface area contributed by atoms with Gasteiger partial charge in [-0.3, -0.25) is 4.79 Å². The van der Waals surface area contributed by atoms with Crippen LogP contribution in [0.2, 0.25) is 5.02 Å². The van der Waals surface area contributed by atoms with Crippen LogP contribution in [0, 0.1) is 13.8 Å². The third-order valence-electron chi connectivity index (χ3n) is 4.36. The lowest BCUT2D eigenvalue weighted by molar-refractivity contribution is 0.103. The highest BCUT2D eigenvalue weighted by Crippen LogP contribution is 2.30. The van der Waals surface area contributed by atoms with Gasteiger partial charge in [0, 0.05) is 21.3 Å². The molecule has 0 bridgehead atoms.